The number of benzene rings is 2. The van der Waals surface area contributed by atoms with E-state index in [9.17, 15) is 4.79 Å². The lowest BCUT2D eigenvalue weighted by molar-refractivity contribution is -0.123. The molecule has 2 rings (SSSR count). The second-order valence-electron chi connectivity index (χ2n) is 5.48. The van der Waals surface area contributed by atoms with Crippen LogP contribution in [-0.4, -0.2) is 39.9 Å². The van der Waals surface area contributed by atoms with Crippen molar-refractivity contribution in [3.8, 4) is 23.0 Å². The van der Waals surface area contributed by atoms with Gasteiger partial charge in [0.2, 0.25) is 0 Å². The molecule has 0 aliphatic carbocycles. The minimum atomic E-state index is -0.167. The Kier molecular flexibility index (Phi) is 7.61. The first kappa shape index (κ1) is 19.4. The molecule has 2 aromatic carbocycles. The van der Waals surface area contributed by atoms with Crippen LogP contribution in [0.4, 0.5) is 0 Å². The highest BCUT2D eigenvalue weighted by atomic mass is 16.5. The molecule has 26 heavy (non-hydrogen) atoms. The van der Waals surface area contributed by atoms with Crippen LogP contribution in [0.2, 0.25) is 0 Å². The minimum absolute atomic E-state index is 0.0279. The van der Waals surface area contributed by atoms with Crippen LogP contribution in [0.25, 0.3) is 0 Å². The molecular formula is C20H25NO5. The summed E-state index contributed by atoms with van der Waals surface area (Å²) in [6.07, 6.45) is 0.690. The van der Waals surface area contributed by atoms with Crippen molar-refractivity contribution in [2.24, 2.45) is 0 Å². The average molecular weight is 359 g/mol. The molecule has 140 valence electrons. The molecule has 0 aliphatic rings. The number of rotatable bonds is 10. The molecule has 0 saturated heterocycles. The van der Waals surface area contributed by atoms with Crippen molar-refractivity contribution in [2.75, 3.05) is 34.0 Å². The van der Waals surface area contributed by atoms with Crippen LogP contribution in [0, 0.1) is 0 Å². The van der Waals surface area contributed by atoms with Gasteiger partial charge in [-0.3, -0.25) is 4.79 Å². The third kappa shape index (κ3) is 5.88. The number of amides is 1. The third-order valence-electron chi connectivity index (χ3n) is 3.69. The first-order chi connectivity index (χ1) is 12.7. The number of methoxy groups -OCH3 is 2. The Hall–Kier alpha value is -2.89. The molecule has 0 bridgehead atoms. The van der Waals surface area contributed by atoms with Crippen molar-refractivity contribution in [2.45, 2.75) is 13.3 Å². The Labute approximate surface area is 154 Å². The van der Waals surface area contributed by atoms with E-state index in [1.807, 2.05) is 37.3 Å². The zero-order chi connectivity index (χ0) is 18.8. The van der Waals surface area contributed by atoms with E-state index in [0.29, 0.717) is 36.8 Å². The molecule has 0 fully saturated rings. The standard InChI is InChI=1S/C20H25NO5/c1-4-25-16-6-8-17(9-7-16)26-14-20(22)21-12-11-15-5-10-18(23-2)19(13-15)24-3/h5-10,13H,4,11-12,14H2,1-3H3,(H,21,22). The molecule has 0 unspecified atom stereocenters. The van der Waals surface area contributed by atoms with Crippen molar-refractivity contribution >= 4 is 5.91 Å². The smallest absolute Gasteiger partial charge is 0.257 e. The predicted molar refractivity (Wildman–Crippen MR) is 99.4 cm³/mol. The lowest BCUT2D eigenvalue weighted by Crippen LogP contribution is -2.30. The summed E-state index contributed by atoms with van der Waals surface area (Å²) in [7, 11) is 3.20. The maximum atomic E-state index is 11.9. The van der Waals surface area contributed by atoms with Gasteiger partial charge in [-0.25, -0.2) is 0 Å². The summed E-state index contributed by atoms with van der Waals surface area (Å²) in [4.78, 5) is 11.9. The molecule has 1 amide bonds. The van der Waals surface area contributed by atoms with E-state index in [0.717, 1.165) is 11.3 Å². The fourth-order valence-electron chi connectivity index (χ4n) is 2.38. The van der Waals surface area contributed by atoms with Crippen LogP contribution >= 0.6 is 0 Å². The topological polar surface area (TPSA) is 66.0 Å². The van der Waals surface area contributed by atoms with Gasteiger partial charge in [-0.2, -0.15) is 0 Å². The Morgan fingerprint density at radius 1 is 0.923 bits per heavy atom. The van der Waals surface area contributed by atoms with Crippen molar-refractivity contribution < 1.29 is 23.7 Å². The van der Waals surface area contributed by atoms with E-state index in [4.69, 9.17) is 18.9 Å². The minimum Gasteiger partial charge on any atom is -0.494 e. The number of carbonyl (C=O) groups is 1. The summed E-state index contributed by atoms with van der Waals surface area (Å²) < 4.78 is 21.3. The second kappa shape index (κ2) is 10.2. The number of nitrogens with one attached hydrogen (secondary N) is 1. The van der Waals surface area contributed by atoms with E-state index in [-0.39, 0.29) is 12.5 Å². The maximum Gasteiger partial charge on any atom is 0.257 e. The fourth-order valence-corrected chi connectivity index (χ4v) is 2.38. The first-order valence-corrected chi connectivity index (χ1v) is 8.49. The normalized spacial score (nSPS) is 10.1. The molecule has 0 atom stereocenters. The Morgan fingerprint density at radius 3 is 2.19 bits per heavy atom. The van der Waals surface area contributed by atoms with E-state index >= 15 is 0 Å². The molecule has 0 aliphatic heterocycles. The second-order valence-corrected chi connectivity index (χ2v) is 5.48. The van der Waals surface area contributed by atoms with Gasteiger partial charge in [0, 0.05) is 6.54 Å². The van der Waals surface area contributed by atoms with Crippen molar-refractivity contribution in [1.29, 1.82) is 0 Å². The SMILES string of the molecule is CCOc1ccc(OCC(=O)NCCc2ccc(OC)c(OC)c2)cc1. The van der Waals surface area contributed by atoms with Gasteiger partial charge in [0.1, 0.15) is 11.5 Å². The van der Waals surface area contributed by atoms with Crippen LogP contribution in [0.5, 0.6) is 23.0 Å². The van der Waals surface area contributed by atoms with E-state index < -0.39 is 0 Å². The molecule has 0 spiro atoms. The third-order valence-corrected chi connectivity index (χ3v) is 3.69. The van der Waals surface area contributed by atoms with Crippen molar-refractivity contribution in [3.05, 3.63) is 48.0 Å². The number of carbonyl (C=O) groups excluding carboxylic acids is 1. The van der Waals surface area contributed by atoms with E-state index in [1.54, 1.807) is 26.4 Å². The predicted octanol–water partition coefficient (Wildman–Crippen LogP) is 2.84. The van der Waals surface area contributed by atoms with Gasteiger partial charge in [0.05, 0.1) is 20.8 Å². The first-order valence-electron chi connectivity index (χ1n) is 8.49. The van der Waals surface area contributed by atoms with Crippen LogP contribution in [0.1, 0.15) is 12.5 Å². The maximum absolute atomic E-state index is 11.9. The summed E-state index contributed by atoms with van der Waals surface area (Å²) in [5, 5.41) is 2.84. The van der Waals surface area contributed by atoms with Gasteiger partial charge in [-0.05, 0) is 55.3 Å². The zero-order valence-corrected chi connectivity index (χ0v) is 15.4. The van der Waals surface area contributed by atoms with Crippen LogP contribution in [0.3, 0.4) is 0 Å². The molecule has 0 heterocycles. The average Bonchev–Trinajstić information content (AvgIpc) is 2.67. The van der Waals surface area contributed by atoms with Crippen molar-refractivity contribution in [1.82, 2.24) is 5.32 Å². The van der Waals surface area contributed by atoms with Crippen molar-refractivity contribution in [3.63, 3.8) is 0 Å². The van der Waals surface area contributed by atoms with Gasteiger partial charge in [-0.15, -0.1) is 0 Å². The molecular weight excluding hydrogens is 334 g/mol. The largest absolute Gasteiger partial charge is 0.494 e. The number of ether oxygens (including phenoxy) is 4. The highest BCUT2D eigenvalue weighted by Gasteiger charge is 2.06. The Balaban J connectivity index is 1.73. The Bertz CT molecular complexity index is 700. The van der Waals surface area contributed by atoms with Gasteiger partial charge in [-0.1, -0.05) is 6.07 Å². The van der Waals surface area contributed by atoms with E-state index in [1.165, 1.54) is 0 Å². The molecule has 0 aromatic heterocycles. The summed E-state index contributed by atoms with van der Waals surface area (Å²) >= 11 is 0. The molecule has 0 saturated carbocycles. The van der Waals surface area contributed by atoms with Gasteiger partial charge in [0.15, 0.2) is 18.1 Å². The molecule has 2 aromatic rings. The van der Waals surface area contributed by atoms with Crippen LogP contribution < -0.4 is 24.3 Å². The molecule has 6 heteroatoms. The molecule has 1 N–H and O–H groups in total. The highest BCUT2D eigenvalue weighted by molar-refractivity contribution is 5.77. The monoisotopic (exact) mass is 359 g/mol. The Morgan fingerprint density at radius 2 is 1.58 bits per heavy atom. The van der Waals surface area contributed by atoms with Crippen LogP contribution in [0.15, 0.2) is 42.5 Å². The fraction of sp³-hybridized carbons (Fsp3) is 0.350. The lowest BCUT2D eigenvalue weighted by Gasteiger charge is -2.10. The zero-order valence-electron chi connectivity index (χ0n) is 15.4. The molecule has 6 nitrogen and oxygen atoms in total. The van der Waals surface area contributed by atoms with Gasteiger partial charge in [0.25, 0.3) is 5.91 Å². The summed E-state index contributed by atoms with van der Waals surface area (Å²) in [5.74, 6) is 2.60. The lowest BCUT2D eigenvalue weighted by atomic mass is 10.1. The van der Waals surface area contributed by atoms with E-state index in [2.05, 4.69) is 5.32 Å². The van der Waals surface area contributed by atoms with Gasteiger partial charge >= 0.3 is 0 Å². The van der Waals surface area contributed by atoms with Crippen LogP contribution in [-0.2, 0) is 11.2 Å². The molecule has 0 radical (unpaired) electrons. The number of hydrogen-bond acceptors (Lipinski definition) is 5. The summed E-state index contributed by atoms with van der Waals surface area (Å²) in [5.41, 5.74) is 1.05. The number of hydrogen-bond donors (Lipinski definition) is 1. The summed E-state index contributed by atoms with van der Waals surface area (Å²) in [6.45, 7) is 3.03. The highest BCUT2D eigenvalue weighted by Crippen LogP contribution is 2.27. The van der Waals surface area contributed by atoms with Gasteiger partial charge < -0.3 is 24.3 Å². The quantitative estimate of drug-likeness (QED) is 0.707. The summed E-state index contributed by atoms with van der Waals surface area (Å²) in [6, 6.07) is 12.9.